The van der Waals surface area contributed by atoms with E-state index in [1.165, 1.54) is 9.21 Å². The molecule has 0 fully saturated rings. The molecule has 2 aromatic carbocycles. The van der Waals surface area contributed by atoms with Crippen molar-refractivity contribution >= 4 is 39.1 Å². The molecule has 1 unspecified atom stereocenters. The summed E-state index contributed by atoms with van der Waals surface area (Å²) in [5.74, 6) is -0.438. The third kappa shape index (κ3) is 8.37. The van der Waals surface area contributed by atoms with Crippen molar-refractivity contribution in [3.8, 4) is 0 Å². The molecule has 9 heteroatoms. The van der Waals surface area contributed by atoms with Crippen LogP contribution in [0.5, 0.6) is 0 Å². The summed E-state index contributed by atoms with van der Waals surface area (Å²) in [6.45, 7) is 4.62. The van der Waals surface area contributed by atoms with E-state index in [1.54, 1.807) is 43.3 Å². The van der Waals surface area contributed by atoms with E-state index in [2.05, 4.69) is 5.32 Å². The summed E-state index contributed by atoms with van der Waals surface area (Å²) in [5.41, 5.74) is 1.41. The van der Waals surface area contributed by atoms with Crippen LogP contribution in [-0.4, -0.2) is 50.5 Å². The van der Waals surface area contributed by atoms with E-state index in [0.29, 0.717) is 23.7 Å². The number of benzene rings is 2. The van der Waals surface area contributed by atoms with Gasteiger partial charge in [0.2, 0.25) is 21.8 Å². The molecule has 0 aliphatic heterocycles. The van der Waals surface area contributed by atoms with E-state index < -0.39 is 16.1 Å². The van der Waals surface area contributed by atoms with Crippen molar-refractivity contribution in [2.45, 2.75) is 45.7 Å². The van der Waals surface area contributed by atoms with Gasteiger partial charge in [0.05, 0.1) is 11.9 Å². The van der Waals surface area contributed by atoms with Crippen LogP contribution >= 0.6 is 11.6 Å². The average molecular weight is 494 g/mol. The van der Waals surface area contributed by atoms with Gasteiger partial charge in [0.15, 0.2) is 0 Å². The fraction of sp³-hybridized carbons (Fsp3) is 0.417. The maximum absolute atomic E-state index is 13.2. The van der Waals surface area contributed by atoms with Crippen LogP contribution in [0, 0.1) is 0 Å². The molecular formula is C24H32ClN3O4S. The van der Waals surface area contributed by atoms with Gasteiger partial charge in [-0.3, -0.25) is 13.9 Å². The van der Waals surface area contributed by atoms with Gasteiger partial charge in [-0.15, -0.1) is 0 Å². The van der Waals surface area contributed by atoms with Crippen molar-refractivity contribution in [2.24, 2.45) is 0 Å². The van der Waals surface area contributed by atoms with Crippen molar-refractivity contribution in [2.75, 3.05) is 23.7 Å². The topological polar surface area (TPSA) is 86.8 Å². The molecule has 0 spiro atoms. The van der Waals surface area contributed by atoms with Gasteiger partial charge in [-0.1, -0.05) is 48.9 Å². The van der Waals surface area contributed by atoms with Crippen LogP contribution in [0.1, 0.15) is 38.7 Å². The number of sulfonamides is 1. The Balaban J connectivity index is 2.12. The molecule has 0 aliphatic carbocycles. The normalized spacial score (nSPS) is 12.1. The predicted molar refractivity (Wildman–Crippen MR) is 133 cm³/mol. The third-order valence-corrected chi connectivity index (χ3v) is 6.63. The Bertz CT molecular complexity index is 1010. The Morgan fingerprint density at radius 2 is 1.70 bits per heavy atom. The first-order valence-electron chi connectivity index (χ1n) is 11.0. The number of amides is 2. The second-order valence-electron chi connectivity index (χ2n) is 7.89. The highest BCUT2D eigenvalue weighted by Gasteiger charge is 2.26. The summed E-state index contributed by atoms with van der Waals surface area (Å²) < 4.78 is 25.8. The van der Waals surface area contributed by atoms with Crippen LogP contribution in [0.15, 0.2) is 54.6 Å². The van der Waals surface area contributed by atoms with E-state index in [1.807, 2.05) is 25.1 Å². The Morgan fingerprint density at radius 3 is 2.27 bits per heavy atom. The Hall–Kier alpha value is -2.58. The first-order chi connectivity index (χ1) is 15.6. The average Bonchev–Trinajstić information content (AvgIpc) is 2.79. The summed E-state index contributed by atoms with van der Waals surface area (Å²) in [4.78, 5) is 27.3. The van der Waals surface area contributed by atoms with E-state index >= 15 is 0 Å². The molecule has 1 atom stereocenters. The standard InChI is InChI=1S/C24H32ClN3O4S/c1-4-16-26-24(30)19(2)27(18-20-12-14-21(25)15-13-20)23(29)11-8-17-28(33(3,31)32)22-9-6-5-7-10-22/h5-7,9-10,12-15,19H,4,8,11,16-18H2,1-3H3,(H,26,30). The maximum atomic E-state index is 13.2. The number of carbonyl (C=O) groups is 2. The first-order valence-corrected chi connectivity index (χ1v) is 13.2. The number of halogens is 1. The summed E-state index contributed by atoms with van der Waals surface area (Å²) >= 11 is 5.97. The highest BCUT2D eigenvalue weighted by Crippen LogP contribution is 2.19. The first kappa shape index (κ1) is 26.7. The minimum atomic E-state index is -3.50. The fourth-order valence-electron chi connectivity index (χ4n) is 3.36. The lowest BCUT2D eigenvalue weighted by atomic mass is 10.1. The molecule has 0 aliphatic rings. The number of carbonyl (C=O) groups excluding carboxylic acids is 2. The molecule has 2 amide bonds. The minimum Gasteiger partial charge on any atom is -0.354 e. The number of nitrogens with zero attached hydrogens (tertiary/aromatic N) is 2. The molecule has 0 saturated heterocycles. The number of para-hydroxylation sites is 1. The number of hydrogen-bond donors (Lipinski definition) is 1. The van der Waals surface area contributed by atoms with E-state index in [9.17, 15) is 18.0 Å². The van der Waals surface area contributed by atoms with Gasteiger partial charge >= 0.3 is 0 Å². The van der Waals surface area contributed by atoms with Crippen LogP contribution in [0.2, 0.25) is 5.02 Å². The fourth-order valence-corrected chi connectivity index (χ4v) is 4.45. The van der Waals surface area contributed by atoms with Crippen LogP contribution in [-0.2, 0) is 26.2 Å². The summed E-state index contributed by atoms with van der Waals surface area (Å²) in [6, 6.07) is 15.2. The Labute approximate surface area is 201 Å². The van der Waals surface area contributed by atoms with Crippen molar-refractivity contribution in [3.05, 3.63) is 65.2 Å². The molecule has 0 radical (unpaired) electrons. The smallest absolute Gasteiger partial charge is 0.242 e. The molecule has 180 valence electrons. The van der Waals surface area contributed by atoms with Gasteiger partial charge in [-0.25, -0.2) is 8.42 Å². The summed E-state index contributed by atoms with van der Waals surface area (Å²) in [5, 5.41) is 3.43. The number of rotatable bonds is 12. The molecule has 33 heavy (non-hydrogen) atoms. The van der Waals surface area contributed by atoms with Gasteiger partial charge in [0.25, 0.3) is 0 Å². The van der Waals surface area contributed by atoms with Crippen molar-refractivity contribution < 1.29 is 18.0 Å². The molecule has 7 nitrogen and oxygen atoms in total. The molecule has 0 heterocycles. The zero-order chi connectivity index (χ0) is 24.4. The molecule has 2 aromatic rings. The highest BCUT2D eigenvalue weighted by molar-refractivity contribution is 7.92. The summed E-state index contributed by atoms with van der Waals surface area (Å²) in [6.07, 6.45) is 2.37. The molecule has 1 N–H and O–H groups in total. The lowest BCUT2D eigenvalue weighted by Crippen LogP contribution is -2.47. The predicted octanol–water partition coefficient (Wildman–Crippen LogP) is 3.83. The third-order valence-electron chi connectivity index (χ3n) is 5.18. The van der Waals surface area contributed by atoms with Gasteiger partial charge in [-0.2, -0.15) is 0 Å². The van der Waals surface area contributed by atoms with Gasteiger partial charge in [0.1, 0.15) is 6.04 Å². The molecule has 0 aromatic heterocycles. The van der Waals surface area contributed by atoms with Crippen LogP contribution in [0.3, 0.4) is 0 Å². The Kier molecular flexibility index (Phi) is 10.2. The largest absolute Gasteiger partial charge is 0.354 e. The molecule has 2 rings (SSSR count). The second kappa shape index (κ2) is 12.6. The number of anilines is 1. The van der Waals surface area contributed by atoms with E-state index in [0.717, 1.165) is 18.2 Å². The molecule has 0 saturated carbocycles. The quantitative estimate of drug-likeness (QED) is 0.486. The SMILES string of the molecule is CCCNC(=O)C(C)N(Cc1ccc(Cl)cc1)C(=O)CCCN(c1ccccc1)S(C)(=O)=O. The van der Waals surface area contributed by atoms with Gasteiger partial charge in [0, 0.05) is 31.1 Å². The van der Waals surface area contributed by atoms with Crippen LogP contribution < -0.4 is 9.62 Å². The Morgan fingerprint density at radius 1 is 1.06 bits per heavy atom. The van der Waals surface area contributed by atoms with Gasteiger partial charge < -0.3 is 10.2 Å². The van der Waals surface area contributed by atoms with Crippen molar-refractivity contribution in [3.63, 3.8) is 0 Å². The monoisotopic (exact) mass is 493 g/mol. The van der Waals surface area contributed by atoms with E-state index in [4.69, 9.17) is 11.6 Å². The molecular weight excluding hydrogens is 462 g/mol. The zero-order valence-corrected chi connectivity index (χ0v) is 20.9. The number of nitrogens with one attached hydrogen (secondary N) is 1. The lowest BCUT2D eigenvalue weighted by molar-refractivity contribution is -0.140. The van der Waals surface area contributed by atoms with Crippen LogP contribution in [0.25, 0.3) is 0 Å². The maximum Gasteiger partial charge on any atom is 0.242 e. The van der Waals surface area contributed by atoms with Gasteiger partial charge in [-0.05, 0) is 49.6 Å². The lowest BCUT2D eigenvalue weighted by Gasteiger charge is -2.29. The van der Waals surface area contributed by atoms with Crippen LogP contribution in [0.4, 0.5) is 5.69 Å². The molecule has 0 bridgehead atoms. The van der Waals surface area contributed by atoms with Crippen molar-refractivity contribution in [1.29, 1.82) is 0 Å². The van der Waals surface area contributed by atoms with E-state index in [-0.39, 0.29) is 31.3 Å². The van der Waals surface area contributed by atoms with Crippen molar-refractivity contribution in [1.82, 2.24) is 10.2 Å². The highest BCUT2D eigenvalue weighted by atomic mass is 35.5. The second-order valence-corrected chi connectivity index (χ2v) is 10.2. The zero-order valence-electron chi connectivity index (χ0n) is 19.3. The minimum absolute atomic E-state index is 0.109. The summed E-state index contributed by atoms with van der Waals surface area (Å²) in [7, 11) is -3.50. The number of hydrogen-bond acceptors (Lipinski definition) is 4.